The summed E-state index contributed by atoms with van der Waals surface area (Å²) in [6.07, 6.45) is 7.13. The average molecular weight is 375 g/mol. The van der Waals surface area contributed by atoms with Gasteiger partial charge in [0, 0.05) is 39.5 Å². The number of amides is 2. The molecule has 2 saturated heterocycles. The second-order valence-corrected chi connectivity index (χ2v) is 7.68. The lowest BCUT2D eigenvalue weighted by Crippen LogP contribution is -2.54. The van der Waals surface area contributed by atoms with Gasteiger partial charge in [-0.3, -0.25) is 0 Å². The van der Waals surface area contributed by atoms with Gasteiger partial charge in [-0.15, -0.1) is 0 Å². The fraction of sp³-hybridized carbons (Fsp3) is 0.737. The van der Waals surface area contributed by atoms with Gasteiger partial charge >= 0.3 is 6.03 Å². The Hall–Kier alpha value is -1.93. The molecule has 4 rings (SSSR count). The summed E-state index contributed by atoms with van der Waals surface area (Å²) in [5, 5.41) is 3.04. The molecule has 8 nitrogen and oxygen atoms in total. The van der Waals surface area contributed by atoms with Gasteiger partial charge < -0.3 is 24.6 Å². The smallest absolute Gasteiger partial charge is 0.317 e. The van der Waals surface area contributed by atoms with E-state index in [1.165, 1.54) is 12.8 Å². The van der Waals surface area contributed by atoms with E-state index in [1.807, 2.05) is 11.0 Å². The van der Waals surface area contributed by atoms with Crippen LogP contribution in [0.1, 0.15) is 43.9 Å². The standard InChI is InChI=1S/C19H29N5O3/c1-26-19(6-4-7-19)14-21-18(25)24-11-12-27-16(13-24)15-5-8-20-17(22-15)23-9-2-3-10-23/h5,8,16H,2-4,6-7,9-14H2,1H3,(H,21,25)/t16-/m0/s1. The number of aromatic nitrogens is 2. The third-order valence-electron chi connectivity index (χ3n) is 6.00. The quantitative estimate of drug-likeness (QED) is 0.844. The van der Waals surface area contributed by atoms with Gasteiger partial charge in [-0.25, -0.2) is 14.8 Å². The Labute approximate surface area is 160 Å². The van der Waals surface area contributed by atoms with Gasteiger partial charge in [0.25, 0.3) is 0 Å². The van der Waals surface area contributed by atoms with Crippen LogP contribution in [0, 0.1) is 0 Å². The number of nitrogens with zero attached hydrogens (tertiary/aromatic N) is 4. The maximum Gasteiger partial charge on any atom is 0.317 e. The summed E-state index contributed by atoms with van der Waals surface area (Å²) in [5.74, 6) is 0.766. The number of nitrogens with one attached hydrogen (secondary N) is 1. The number of carbonyl (C=O) groups is 1. The predicted molar refractivity (Wildman–Crippen MR) is 101 cm³/mol. The number of anilines is 1. The first-order valence-corrected chi connectivity index (χ1v) is 9.97. The molecule has 0 spiro atoms. The van der Waals surface area contributed by atoms with Gasteiger partial charge in [0.05, 0.1) is 24.4 Å². The Morgan fingerprint density at radius 2 is 2.15 bits per heavy atom. The summed E-state index contributed by atoms with van der Waals surface area (Å²) in [4.78, 5) is 25.7. The average Bonchev–Trinajstić information content (AvgIpc) is 3.22. The van der Waals surface area contributed by atoms with Crippen molar-refractivity contribution in [1.82, 2.24) is 20.2 Å². The molecule has 8 heteroatoms. The largest absolute Gasteiger partial charge is 0.376 e. The maximum atomic E-state index is 12.6. The van der Waals surface area contributed by atoms with E-state index in [0.717, 1.165) is 44.0 Å². The van der Waals surface area contributed by atoms with Crippen molar-refractivity contribution in [3.05, 3.63) is 18.0 Å². The van der Waals surface area contributed by atoms with Crippen molar-refractivity contribution in [2.75, 3.05) is 51.3 Å². The second kappa shape index (κ2) is 7.98. The minimum Gasteiger partial charge on any atom is -0.376 e. The highest BCUT2D eigenvalue weighted by molar-refractivity contribution is 5.74. The van der Waals surface area contributed by atoms with Crippen LogP contribution in [0.3, 0.4) is 0 Å². The molecule has 3 heterocycles. The summed E-state index contributed by atoms with van der Waals surface area (Å²) in [5.41, 5.74) is 0.676. The number of hydrogen-bond acceptors (Lipinski definition) is 6. The van der Waals surface area contributed by atoms with Gasteiger partial charge in [0.1, 0.15) is 6.10 Å². The lowest BCUT2D eigenvalue weighted by atomic mass is 9.80. The maximum absolute atomic E-state index is 12.6. The number of hydrogen-bond donors (Lipinski definition) is 1. The Bertz CT molecular complexity index is 655. The minimum atomic E-state index is -0.214. The molecule has 1 aromatic heterocycles. The first kappa shape index (κ1) is 18.4. The molecule has 0 bridgehead atoms. The van der Waals surface area contributed by atoms with E-state index in [2.05, 4.69) is 15.2 Å². The molecule has 148 valence electrons. The highest BCUT2D eigenvalue weighted by Gasteiger charge is 2.38. The number of ether oxygens (including phenoxy) is 2. The molecule has 3 aliphatic rings. The van der Waals surface area contributed by atoms with Gasteiger partial charge in [-0.2, -0.15) is 0 Å². The van der Waals surface area contributed by atoms with Crippen molar-refractivity contribution in [1.29, 1.82) is 0 Å². The van der Waals surface area contributed by atoms with Crippen LogP contribution >= 0.6 is 0 Å². The first-order valence-electron chi connectivity index (χ1n) is 9.97. The van der Waals surface area contributed by atoms with E-state index in [9.17, 15) is 4.79 Å². The van der Waals surface area contributed by atoms with Crippen molar-refractivity contribution >= 4 is 12.0 Å². The predicted octanol–water partition coefficient (Wildman–Crippen LogP) is 1.73. The molecule has 2 aliphatic heterocycles. The zero-order chi connectivity index (χ0) is 18.7. The van der Waals surface area contributed by atoms with Crippen molar-refractivity contribution in [2.24, 2.45) is 0 Å². The van der Waals surface area contributed by atoms with E-state index in [0.29, 0.717) is 26.2 Å². The molecular weight excluding hydrogens is 346 g/mol. The van der Waals surface area contributed by atoms with E-state index in [4.69, 9.17) is 14.5 Å². The Balaban J connectivity index is 1.36. The fourth-order valence-corrected chi connectivity index (χ4v) is 4.00. The van der Waals surface area contributed by atoms with E-state index < -0.39 is 0 Å². The Morgan fingerprint density at radius 3 is 2.85 bits per heavy atom. The molecule has 1 saturated carbocycles. The normalized spacial score (nSPS) is 24.6. The number of morpholine rings is 1. The summed E-state index contributed by atoms with van der Waals surface area (Å²) < 4.78 is 11.5. The molecular formula is C19H29N5O3. The lowest BCUT2D eigenvalue weighted by Gasteiger charge is -2.41. The lowest BCUT2D eigenvalue weighted by molar-refractivity contribution is -0.0689. The SMILES string of the molecule is COC1(CNC(=O)N2CCO[C@H](c3ccnc(N4CCCC4)n3)C2)CCC1. The Morgan fingerprint density at radius 1 is 1.33 bits per heavy atom. The van der Waals surface area contributed by atoms with Crippen LogP contribution in [0.4, 0.5) is 10.7 Å². The van der Waals surface area contributed by atoms with Crippen LogP contribution in [-0.4, -0.2) is 72.9 Å². The topological polar surface area (TPSA) is 79.8 Å². The van der Waals surface area contributed by atoms with Crippen molar-refractivity contribution in [3.63, 3.8) is 0 Å². The summed E-state index contributed by atoms with van der Waals surface area (Å²) in [7, 11) is 1.73. The molecule has 1 atom stereocenters. The summed E-state index contributed by atoms with van der Waals surface area (Å²) >= 11 is 0. The van der Waals surface area contributed by atoms with Crippen molar-refractivity contribution < 1.29 is 14.3 Å². The van der Waals surface area contributed by atoms with Crippen LogP contribution in [0.2, 0.25) is 0 Å². The minimum absolute atomic E-state index is 0.0551. The van der Waals surface area contributed by atoms with E-state index in [1.54, 1.807) is 13.3 Å². The number of carbonyl (C=O) groups excluding carboxylic acids is 1. The first-order chi connectivity index (χ1) is 13.2. The second-order valence-electron chi connectivity index (χ2n) is 7.68. The molecule has 0 unspecified atom stereocenters. The monoisotopic (exact) mass is 375 g/mol. The van der Waals surface area contributed by atoms with Gasteiger partial charge in [0.15, 0.2) is 0 Å². The molecule has 3 fully saturated rings. The van der Waals surface area contributed by atoms with E-state index in [-0.39, 0.29) is 17.7 Å². The van der Waals surface area contributed by atoms with Crippen LogP contribution in [0.25, 0.3) is 0 Å². The third kappa shape index (κ3) is 4.01. The van der Waals surface area contributed by atoms with Gasteiger partial charge in [-0.05, 0) is 38.2 Å². The highest BCUT2D eigenvalue weighted by Crippen LogP contribution is 2.34. The van der Waals surface area contributed by atoms with Crippen molar-refractivity contribution in [3.8, 4) is 0 Å². The molecule has 0 radical (unpaired) electrons. The molecule has 1 N–H and O–H groups in total. The summed E-state index contributed by atoms with van der Waals surface area (Å²) in [6.45, 7) is 4.18. The van der Waals surface area contributed by atoms with Crippen molar-refractivity contribution in [2.45, 2.75) is 43.8 Å². The van der Waals surface area contributed by atoms with E-state index >= 15 is 0 Å². The molecule has 1 aromatic rings. The highest BCUT2D eigenvalue weighted by atomic mass is 16.5. The zero-order valence-corrected chi connectivity index (χ0v) is 16.0. The zero-order valence-electron chi connectivity index (χ0n) is 16.0. The van der Waals surface area contributed by atoms with Crippen LogP contribution in [0.5, 0.6) is 0 Å². The molecule has 27 heavy (non-hydrogen) atoms. The fourth-order valence-electron chi connectivity index (χ4n) is 4.00. The number of methoxy groups -OCH3 is 1. The van der Waals surface area contributed by atoms with Gasteiger partial charge in [-0.1, -0.05) is 0 Å². The molecule has 2 amide bonds. The number of rotatable bonds is 5. The molecule has 0 aromatic carbocycles. The number of urea groups is 1. The van der Waals surface area contributed by atoms with Gasteiger partial charge in [0.2, 0.25) is 5.95 Å². The molecule has 1 aliphatic carbocycles. The third-order valence-corrected chi connectivity index (χ3v) is 6.00. The summed E-state index contributed by atoms with van der Waals surface area (Å²) in [6, 6.07) is 1.83. The Kier molecular flexibility index (Phi) is 5.45. The van der Waals surface area contributed by atoms with Crippen LogP contribution in [-0.2, 0) is 9.47 Å². The van der Waals surface area contributed by atoms with Crippen LogP contribution in [0.15, 0.2) is 12.3 Å². The van der Waals surface area contributed by atoms with Crippen LogP contribution < -0.4 is 10.2 Å².